The van der Waals surface area contributed by atoms with Crippen LogP contribution in [0.4, 0.5) is 0 Å². The molecule has 2 aromatic heterocycles. The Labute approximate surface area is 152 Å². The minimum Gasteiger partial charge on any atom is -0.353 e. The molecule has 0 radical (unpaired) electrons. The Hall–Kier alpha value is -3.19. The second kappa shape index (κ2) is 7.37. The molecule has 0 aromatic carbocycles. The van der Waals surface area contributed by atoms with E-state index in [1.165, 1.54) is 26.9 Å². The van der Waals surface area contributed by atoms with E-state index in [1.54, 1.807) is 30.7 Å². The normalized spacial score (nSPS) is 16.8. The quantitative estimate of drug-likeness (QED) is 0.755. The highest BCUT2D eigenvalue weighted by molar-refractivity contribution is 8.13. The highest BCUT2D eigenvalue weighted by Gasteiger charge is 2.30. The van der Waals surface area contributed by atoms with Crippen LogP contribution in [0.25, 0.3) is 5.65 Å². The summed E-state index contributed by atoms with van der Waals surface area (Å²) in [6.07, 6.45) is 4.62. The average molecular weight is 370 g/mol. The molecule has 0 aliphatic carbocycles. The van der Waals surface area contributed by atoms with Crippen LogP contribution >= 0.6 is 11.8 Å². The molecule has 3 rings (SSSR count). The highest BCUT2D eigenvalue weighted by Crippen LogP contribution is 2.19. The molecule has 1 N–H and O–H groups in total. The molecule has 26 heavy (non-hydrogen) atoms. The zero-order valence-corrected chi connectivity index (χ0v) is 14.6. The number of nitrogens with one attached hydrogen (secondary N) is 1. The van der Waals surface area contributed by atoms with Crippen molar-refractivity contribution < 1.29 is 9.59 Å². The van der Waals surface area contributed by atoms with Gasteiger partial charge in [0.1, 0.15) is 17.0 Å². The number of rotatable bonds is 4. The molecule has 3 heterocycles. The molecule has 1 aliphatic rings. The highest BCUT2D eigenvalue weighted by atomic mass is 32.2. The molecule has 2 aromatic rings. The fraction of sp³-hybridized carbons (Fsp3) is 0.250. The summed E-state index contributed by atoms with van der Waals surface area (Å²) >= 11 is 1.17. The Balaban J connectivity index is 1.66. The molecule has 0 bridgehead atoms. The minimum absolute atomic E-state index is 0.112. The lowest BCUT2D eigenvalue weighted by Crippen LogP contribution is -2.38. The number of hydrogen-bond donors (Lipinski definition) is 1. The molecule has 0 saturated carbocycles. The van der Waals surface area contributed by atoms with E-state index < -0.39 is 17.7 Å². The molecular formula is C16H14N6O3S. The Kier molecular flexibility index (Phi) is 4.99. The van der Waals surface area contributed by atoms with Crippen LogP contribution in [-0.4, -0.2) is 43.8 Å². The topological polar surface area (TPSA) is 122 Å². The van der Waals surface area contributed by atoms with Crippen LogP contribution in [0, 0.1) is 17.2 Å². The molecule has 0 saturated heterocycles. The van der Waals surface area contributed by atoms with Crippen molar-refractivity contribution in [2.45, 2.75) is 6.54 Å². The maximum absolute atomic E-state index is 12.2. The van der Waals surface area contributed by atoms with E-state index in [0.29, 0.717) is 10.7 Å². The Morgan fingerprint density at radius 3 is 2.92 bits per heavy atom. The van der Waals surface area contributed by atoms with Gasteiger partial charge in [-0.05, 0) is 24.5 Å². The van der Waals surface area contributed by atoms with Gasteiger partial charge < -0.3 is 5.32 Å². The van der Waals surface area contributed by atoms with Crippen molar-refractivity contribution in [3.05, 3.63) is 46.5 Å². The van der Waals surface area contributed by atoms with Crippen molar-refractivity contribution in [3.63, 3.8) is 0 Å². The standard InChI is InChI=1S/C16H14N6O3S/c1-26-15-10(9-17)8-11(14(24)19-15)13(23)18-5-7-22-16(25)21-6-3-2-4-12(21)20-22/h2-4,6,8,11H,5,7H2,1H3,(H,18,23). The van der Waals surface area contributed by atoms with Crippen molar-refractivity contribution in [1.29, 1.82) is 5.26 Å². The minimum atomic E-state index is -1.14. The number of nitriles is 1. The second-order valence-corrected chi connectivity index (χ2v) is 6.15. The number of hydrogen-bond acceptors (Lipinski definition) is 6. The summed E-state index contributed by atoms with van der Waals surface area (Å²) in [5, 5.41) is 16.1. The van der Waals surface area contributed by atoms with Crippen LogP contribution in [0.2, 0.25) is 0 Å². The lowest BCUT2D eigenvalue weighted by atomic mass is 10.0. The molecule has 132 valence electrons. The largest absolute Gasteiger partial charge is 0.353 e. The first kappa shape index (κ1) is 17.6. The van der Waals surface area contributed by atoms with Gasteiger partial charge in [-0.25, -0.2) is 14.5 Å². The predicted octanol–water partition coefficient (Wildman–Crippen LogP) is -0.0199. The van der Waals surface area contributed by atoms with Crippen molar-refractivity contribution in [2.75, 3.05) is 12.8 Å². The molecule has 10 heteroatoms. The van der Waals surface area contributed by atoms with Gasteiger partial charge in [0.05, 0.1) is 12.1 Å². The Bertz CT molecular complexity index is 1040. The average Bonchev–Trinajstić information content (AvgIpc) is 2.97. The number of nitrogens with zero attached hydrogens (tertiary/aromatic N) is 5. The van der Waals surface area contributed by atoms with Crippen LogP contribution in [-0.2, 0) is 16.1 Å². The first-order chi connectivity index (χ1) is 12.5. The summed E-state index contributed by atoms with van der Waals surface area (Å²) in [5.74, 6) is -2.32. The molecule has 1 atom stereocenters. The van der Waals surface area contributed by atoms with Gasteiger partial charge >= 0.3 is 5.69 Å². The summed E-state index contributed by atoms with van der Waals surface area (Å²) in [5.41, 5.74) is 0.394. The molecule has 1 aliphatic heterocycles. The third-order valence-corrected chi connectivity index (χ3v) is 4.45. The number of carbonyl (C=O) groups excluding carboxylic acids is 2. The Morgan fingerprint density at radius 1 is 1.42 bits per heavy atom. The monoisotopic (exact) mass is 370 g/mol. The molecule has 0 fully saturated rings. The first-order valence-electron chi connectivity index (χ1n) is 7.66. The van der Waals surface area contributed by atoms with Crippen LogP contribution in [0.15, 0.2) is 45.8 Å². The van der Waals surface area contributed by atoms with Gasteiger partial charge in [0.2, 0.25) is 5.91 Å². The van der Waals surface area contributed by atoms with E-state index in [2.05, 4.69) is 15.4 Å². The van der Waals surface area contributed by atoms with Crippen molar-refractivity contribution in [3.8, 4) is 6.07 Å². The van der Waals surface area contributed by atoms with Gasteiger partial charge in [0, 0.05) is 12.7 Å². The number of dihydropyridines is 1. The molecular weight excluding hydrogens is 356 g/mol. The fourth-order valence-corrected chi connectivity index (χ4v) is 2.99. The summed E-state index contributed by atoms with van der Waals surface area (Å²) in [6.45, 7) is 0.266. The number of carbonyl (C=O) groups is 2. The van der Waals surface area contributed by atoms with Crippen LogP contribution in [0.1, 0.15) is 0 Å². The number of amides is 2. The van der Waals surface area contributed by atoms with E-state index in [0.717, 1.165) is 0 Å². The summed E-state index contributed by atoms with van der Waals surface area (Å²) in [7, 11) is 0. The zero-order chi connectivity index (χ0) is 18.7. The molecule has 2 amide bonds. The third kappa shape index (κ3) is 3.29. The SMILES string of the molecule is CSC1=NC(=O)C(C(=O)NCCn2nc3ccccn3c2=O)C=C1C#N. The predicted molar refractivity (Wildman–Crippen MR) is 95.6 cm³/mol. The van der Waals surface area contributed by atoms with E-state index in [9.17, 15) is 14.4 Å². The lowest BCUT2D eigenvalue weighted by molar-refractivity contribution is -0.131. The molecule has 1 unspecified atom stereocenters. The van der Waals surface area contributed by atoms with Gasteiger partial charge in [-0.2, -0.15) is 5.26 Å². The van der Waals surface area contributed by atoms with Crippen LogP contribution in [0.5, 0.6) is 0 Å². The van der Waals surface area contributed by atoms with Gasteiger partial charge in [-0.1, -0.05) is 6.07 Å². The van der Waals surface area contributed by atoms with Gasteiger partial charge in [0.25, 0.3) is 5.91 Å². The van der Waals surface area contributed by atoms with Crippen LogP contribution < -0.4 is 11.0 Å². The summed E-state index contributed by atoms with van der Waals surface area (Å²) in [4.78, 5) is 40.1. The molecule has 0 spiro atoms. The van der Waals surface area contributed by atoms with E-state index in [4.69, 9.17) is 5.26 Å². The van der Waals surface area contributed by atoms with Crippen molar-refractivity contribution in [2.24, 2.45) is 10.9 Å². The number of fused-ring (bicyclic) bond motifs is 1. The summed E-state index contributed by atoms with van der Waals surface area (Å²) < 4.78 is 2.63. The Morgan fingerprint density at radius 2 is 2.23 bits per heavy atom. The van der Waals surface area contributed by atoms with Crippen molar-refractivity contribution >= 4 is 34.3 Å². The maximum atomic E-state index is 12.2. The van der Waals surface area contributed by atoms with Gasteiger partial charge in [-0.15, -0.1) is 16.9 Å². The molecule has 9 nitrogen and oxygen atoms in total. The fourth-order valence-electron chi connectivity index (χ4n) is 2.48. The number of aromatic nitrogens is 3. The third-order valence-electron chi connectivity index (χ3n) is 3.75. The number of aliphatic imine (C=N–C) groups is 1. The van der Waals surface area contributed by atoms with Crippen molar-refractivity contribution in [1.82, 2.24) is 19.5 Å². The first-order valence-corrected chi connectivity index (χ1v) is 8.88. The maximum Gasteiger partial charge on any atom is 0.350 e. The van der Waals surface area contributed by atoms with E-state index >= 15 is 0 Å². The second-order valence-electron chi connectivity index (χ2n) is 5.35. The van der Waals surface area contributed by atoms with Gasteiger partial charge in [-0.3, -0.25) is 14.0 Å². The number of thioether (sulfide) groups is 1. The zero-order valence-electron chi connectivity index (χ0n) is 13.7. The summed E-state index contributed by atoms with van der Waals surface area (Å²) in [6, 6.07) is 7.13. The van der Waals surface area contributed by atoms with E-state index in [1.807, 2.05) is 6.07 Å². The lowest BCUT2D eigenvalue weighted by Gasteiger charge is -2.15. The van der Waals surface area contributed by atoms with E-state index in [-0.39, 0.29) is 24.4 Å². The smallest absolute Gasteiger partial charge is 0.350 e. The number of pyridine rings is 1. The van der Waals surface area contributed by atoms with Gasteiger partial charge in [0.15, 0.2) is 5.65 Å². The van der Waals surface area contributed by atoms with Crippen LogP contribution in [0.3, 0.4) is 0 Å².